The zero-order chi connectivity index (χ0) is 24.6. The van der Waals surface area contributed by atoms with Gasteiger partial charge in [-0.25, -0.2) is 22.2 Å². The summed E-state index contributed by atoms with van der Waals surface area (Å²) >= 11 is 5.80. The number of halogens is 3. The number of sulfonamides is 1. The highest BCUT2D eigenvalue weighted by Gasteiger charge is 2.22. The maximum atomic E-state index is 13.5. The van der Waals surface area contributed by atoms with Crippen LogP contribution in [-0.4, -0.2) is 35.2 Å². The van der Waals surface area contributed by atoms with Gasteiger partial charge in [-0.1, -0.05) is 25.4 Å². The molecule has 4 rings (SSSR count). The Morgan fingerprint density at radius 3 is 2.50 bits per heavy atom. The first-order valence-corrected chi connectivity index (χ1v) is 11.8. The molecule has 0 saturated carbocycles. The Morgan fingerprint density at radius 1 is 1.15 bits per heavy atom. The Hall–Kier alpha value is -3.51. The van der Waals surface area contributed by atoms with Crippen LogP contribution >= 0.6 is 11.6 Å². The average Bonchev–Trinajstić information content (AvgIpc) is 3.15. The van der Waals surface area contributed by atoms with Crippen LogP contribution in [0.2, 0.25) is 5.02 Å². The monoisotopic (exact) mass is 508 g/mol. The highest BCUT2D eigenvalue weighted by atomic mass is 35.5. The third-order valence-corrected chi connectivity index (χ3v) is 6.47. The molecule has 0 fully saturated rings. The number of rotatable bonds is 7. The molecular formula is C21H19ClF2N6O3S. The van der Waals surface area contributed by atoms with Crippen molar-refractivity contribution in [3.8, 4) is 17.3 Å². The number of anilines is 2. The molecule has 2 aromatic carbocycles. The van der Waals surface area contributed by atoms with E-state index in [1.165, 1.54) is 12.1 Å². The molecule has 9 nitrogen and oxygen atoms in total. The molecule has 0 aliphatic carbocycles. The molecule has 4 aromatic rings. The van der Waals surface area contributed by atoms with Gasteiger partial charge in [0.15, 0.2) is 23.1 Å². The number of benzene rings is 2. The Kier molecular flexibility index (Phi) is 6.28. The van der Waals surface area contributed by atoms with Crippen molar-refractivity contribution >= 4 is 44.2 Å². The number of hydrogen-bond donors (Lipinski definition) is 3. The van der Waals surface area contributed by atoms with Gasteiger partial charge in [0, 0.05) is 11.3 Å². The minimum atomic E-state index is -4.28. The van der Waals surface area contributed by atoms with Crippen molar-refractivity contribution in [1.29, 1.82) is 0 Å². The molecule has 13 heteroatoms. The molecule has 0 bridgehead atoms. The highest BCUT2D eigenvalue weighted by molar-refractivity contribution is 7.92. The van der Waals surface area contributed by atoms with E-state index < -0.39 is 31.6 Å². The first kappa shape index (κ1) is 23.6. The first-order chi connectivity index (χ1) is 16.0. The predicted octanol–water partition coefficient (Wildman–Crippen LogP) is 4.37. The molecule has 34 heavy (non-hydrogen) atoms. The van der Waals surface area contributed by atoms with Gasteiger partial charge in [-0.2, -0.15) is 10.1 Å². The lowest BCUT2D eigenvalue weighted by Gasteiger charge is -2.12. The molecule has 0 amide bonds. The summed E-state index contributed by atoms with van der Waals surface area (Å²) in [7, 11) is -4.28. The largest absolute Gasteiger partial charge is 0.477 e. The van der Waals surface area contributed by atoms with Crippen LogP contribution in [-0.2, 0) is 10.0 Å². The standard InChI is InChI=1S/C21H19ClF2N6O3S/c1-10(2)9-33-21-17-18(25)28-29-20(17)26-19(27-21)11-3-5-12(6-4-11)30-34(31,32)16-8-15(24)14(23)7-13(16)22/h3-8,10,30H,9H2,1-2H3,(H3,25,26,27,28,29). The summed E-state index contributed by atoms with van der Waals surface area (Å²) < 4.78 is 60.1. The molecule has 0 saturated heterocycles. The minimum Gasteiger partial charge on any atom is -0.477 e. The van der Waals surface area contributed by atoms with Crippen LogP contribution in [0.15, 0.2) is 41.3 Å². The number of nitrogens with one attached hydrogen (secondary N) is 2. The van der Waals surface area contributed by atoms with Gasteiger partial charge >= 0.3 is 0 Å². The van der Waals surface area contributed by atoms with Crippen LogP contribution in [0, 0.1) is 17.6 Å². The lowest BCUT2D eigenvalue weighted by Crippen LogP contribution is -2.14. The number of hydrogen-bond acceptors (Lipinski definition) is 7. The van der Waals surface area contributed by atoms with Gasteiger partial charge in [-0.3, -0.25) is 9.82 Å². The molecule has 0 aliphatic heterocycles. The van der Waals surface area contributed by atoms with E-state index in [0.717, 1.165) is 0 Å². The van der Waals surface area contributed by atoms with E-state index in [9.17, 15) is 17.2 Å². The van der Waals surface area contributed by atoms with Crippen molar-refractivity contribution in [3.05, 3.63) is 53.1 Å². The minimum absolute atomic E-state index is 0.158. The van der Waals surface area contributed by atoms with Crippen molar-refractivity contribution in [2.24, 2.45) is 5.92 Å². The Balaban J connectivity index is 1.63. The van der Waals surface area contributed by atoms with Gasteiger partial charge in [0.05, 0.1) is 11.6 Å². The molecule has 2 heterocycles. The van der Waals surface area contributed by atoms with Crippen LogP contribution in [0.4, 0.5) is 20.3 Å². The number of H-pyrrole nitrogens is 1. The number of nitrogens with two attached hydrogens (primary N) is 1. The van der Waals surface area contributed by atoms with Crippen LogP contribution in [0.25, 0.3) is 22.4 Å². The molecule has 0 radical (unpaired) electrons. The van der Waals surface area contributed by atoms with Gasteiger partial charge < -0.3 is 10.5 Å². The third-order valence-electron chi connectivity index (χ3n) is 4.62. The maximum Gasteiger partial charge on any atom is 0.263 e. The van der Waals surface area contributed by atoms with Crippen LogP contribution in [0.5, 0.6) is 5.88 Å². The predicted molar refractivity (Wildman–Crippen MR) is 124 cm³/mol. The fourth-order valence-corrected chi connectivity index (χ4v) is 4.59. The van der Waals surface area contributed by atoms with E-state index >= 15 is 0 Å². The fraction of sp³-hybridized carbons (Fsp3) is 0.190. The van der Waals surface area contributed by atoms with Gasteiger partial charge in [-0.15, -0.1) is 0 Å². The first-order valence-electron chi connectivity index (χ1n) is 9.97. The maximum absolute atomic E-state index is 13.5. The smallest absolute Gasteiger partial charge is 0.263 e. The fourth-order valence-electron chi connectivity index (χ4n) is 3.00. The Morgan fingerprint density at radius 2 is 1.82 bits per heavy atom. The molecule has 0 unspecified atom stereocenters. The summed E-state index contributed by atoms with van der Waals surface area (Å²) in [5.41, 5.74) is 6.95. The number of fused-ring (bicyclic) bond motifs is 1. The summed E-state index contributed by atoms with van der Waals surface area (Å²) in [4.78, 5) is 8.25. The summed E-state index contributed by atoms with van der Waals surface area (Å²) in [6.45, 7) is 4.39. The van der Waals surface area contributed by atoms with Gasteiger partial charge in [-0.05, 0) is 42.3 Å². The van der Waals surface area contributed by atoms with Crippen molar-refractivity contribution in [2.75, 3.05) is 17.1 Å². The number of aromatic nitrogens is 4. The third kappa shape index (κ3) is 4.73. The SMILES string of the molecule is CC(C)COc1nc(-c2ccc(NS(=O)(=O)c3cc(F)c(F)cc3Cl)cc2)nc2n[nH]c(N)c12. The van der Waals surface area contributed by atoms with Crippen molar-refractivity contribution in [3.63, 3.8) is 0 Å². The van der Waals surface area contributed by atoms with E-state index in [1.54, 1.807) is 12.1 Å². The normalized spacial score (nSPS) is 11.8. The lowest BCUT2D eigenvalue weighted by atomic mass is 10.2. The summed E-state index contributed by atoms with van der Waals surface area (Å²) in [5.74, 6) is -1.49. The van der Waals surface area contributed by atoms with Crippen LogP contribution < -0.4 is 15.2 Å². The average molecular weight is 509 g/mol. The molecule has 0 spiro atoms. The van der Waals surface area contributed by atoms with Crippen molar-refractivity contribution in [2.45, 2.75) is 18.7 Å². The van der Waals surface area contributed by atoms with E-state index in [4.69, 9.17) is 22.1 Å². The Labute approximate surface area is 198 Å². The summed E-state index contributed by atoms with van der Waals surface area (Å²) in [6.07, 6.45) is 0. The van der Waals surface area contributed by atoms with E-state index in [0.29, 0.717) is 35.3 Å². The van der Waals surface area contributed by atoms with E-state index in [2.05, 4.69) is 24.9 Å². The topological polar surface area (TPSA) is 136 Å². The summed E-state index contributed by atoms with van der Waals surface area (Å²) in [6, 6.07) is 7.19. The molecule has 178 valence electrons. The molecular weight excluding hydrogens is 490 g/mol. The van der Waals surface area contributed by atoms with Gasteiger partial charge in [0.1, 0.15) is 16.1 Å². The number of ether oxygens (including phenoxy) is 1. The quantitative estimate of drug-likeness (QED) is 0.315. The second kappa shape index (κ2) is 9.03. The van der Waals surface area contributed by atoms with Crippen molar-refractivity contribution in [1.82, 2.24) is 20.2 Å². The highest BCUT2D eigenvalue weighted by Crippen LogP contribution is 2.31. The molecule has 0 aliphatic rings. The molecule has 0 atom stereocenters. The molecule has 2 aromatic heterocycles. The van der Waals surface area contributed by atoms with Crippen LogP contribution in [0.1, 0.15) is 13.8 Å². The second-order valence-corrected chi connectivity index (χ2v) is 9.83. The second-order valence-electron chi connectivity index (χ2n) is 7.77. The zero-order valence-corrected chi connectivity index (χ0v) is 19.5. The van der Waals surface area contributed by atoms with Crippen molar-refractivity contribution < 1.29 is 21.9 Å². The van der Waals surface area contributed by atoms with Crippen LogP contribution in [0.3, 0.4) is 0 Å². The number of nitrogens with zero attached hydrogens (tertiary/aromatic N) is 3. The van der Waals surface area contributed by atoms with Gasteiger partial charge in [0.25, 0.3) is 10.0 Å². The van der Waals surface area contributed by atoms with E-state index in [-0.39, 0.29) is 29.1 Å². The molecule has 4 N–H and O–H groups in total. The number of nitrogen functional groups attached to an aromatic ring is 1. The lowest BCUT2D eigenvalue weighted by molar-refractivity contribution is 0.265. The van der Waals surface area contributed by atoms with E-state index in [1.807, 2.05) is 13.8 Å². The summed E-state index contributed by atoms with van der Waals surface area (Å²) in [5, 5.41) is 6.75. The van der Waals surface area contributed by atoms with Gasteiger partial charge in [0.2, 0.25) is 5.88 Å². The Bertz CT molecular complexity index is 1480. The number of aromatic amines is 1. The zero-order valence-electron chi connectivity index (χ0n) is 17.9.